The highest BCUT2D eigenvalue weighted by molar-refractivity contribution is 5.76. The molecule has 0 aromatic heterocycles. The summed E-state index contributed by atoms with van der Waals surface area (Å²) in [5.41, 5.74) is 0. The number of carbonyl (C=O) groups is 1. The number of carbonyl (C=O) groups excluding carboxylic acids is 1. The van der Waals surface area contributed by atoms with Crippen LogP contribution in [0.1, 0.15) is 284 Å². The van der Waals surface area contributed by atoms with Crippen LogP contribution in [0.3, 0.4) is 0 Å². The molecule has 1 saturated heterocycles. The number of ether oxygens (including phenoxy) is 2. The van der Waals surface area contributed by atoms with Gasteiger partial charge in [0.25, 0.3) is 0 Å². The molecule has 0 spiro atoms. The predicted octanol–water partition coefficient (Wildman–Crippen LogP) is 17.5. The Bertz CT molecular complexity index is 1560. The van der Waals surface area contributed by atoms with E-state index in [0.29, 0.717) is 12.8 Å². The molecule has 9 heteroatoms. The highest BCUT2D eigenvalue weighted by atomic mass is 16.7. The Morgan fingerprint density at radius 3 is 1.16 bits per heavy atom. The molecule has 1 heterocycles. The van der Waals surface area contributed by atoms with Crippen LogP contribution in [0.4, 0.5) is 0 Å². The van der Waals surface area contributed by atoms with Crippen LogP contribution in [-0.4, -0.2) is 87.5 Å². The summed E-state index contributed by atoms with van der Waals surface area (Å²) in [5, 5.41) is 54.9. The highest BCUT2D eigenvalue weighted by Crippen LogP contribution is 2.23. The maximum absolute atomic E-state index is 13.1. The third kappa shape index (κ3) is 47.3. The Morgan fingerprint density at radius 1 is 0.443 bits per heavy atom. The fraction of sp³-hybridized carbons (Fsp3) is 0.757. The standard InChI is InChI=1S/C70H123NO8/c1-3-5-7-9-11-13-15-17-19-21-23-25-27-29-30-31-32-33-34-36-38-40-42-44-46-48-50-52-54-56-58-60-66(74)71-63(62-78-70-69(77)68(76)67(75)65(61-72)79-70)64(73)59-57-55-53-51-49-47-45-43-41-39-37-35-28-26-24-22-20-18-16-14-12-10-8-6-4-2/h5,7,11,13,17,19,23,25,29-30,32-33,36,38,42,44,63-65,67-70,72-73,75-77H,3-4,6,8-10,12,14-16,18,20-22,24,26-28,31,34-35,37,39-41,43,45-62H2,1-2H3,(H,71,74)/b7-5-,13-11-,19-17-,25-23-,30-29-,33-32-,38-36-,44-42-. The molecule has 0 radical (unpaired) electrons. The zero-order chi connectivity index (χ0) is 57.2. The quantitative estimate of drug-likeness (QED) is 0.0261. The number of allylic oxidation sites excluding steroid dienone is 16. The smallest absolute Gasteiger partial charge is 0.220 e. The number of aliphatic hydroxyl groups is 5. The van der Waals surface area contributed by atoms with Crippen molar-refractivity contribution in [2.45, 2.75) is 326 Å². The summed E-state index contributed by atoms with van der Waals surface area (Å²) in [4.78, 5) is 13.1. The van der Waals surface area contributed by atoms with E-state index in [1.807, 2.05) is 0 Å². The predicted molar refractivity (Wildman–Crippen MR) is 336 cm³/mol. The molecule has 0 bridgehead atoms. The SMILES string of the molecule is CC/C=C\C/C=C\C/C=C\C/C=C\C/C=C\C/C=C\C/C=C\C/C=C\CCCCCCCCC(=O)NC(COC1OC(CO)C(O)C(O)C1O)C(O)CCCCCCCCCCCCCCCCCCCCCCCCCCC. The Hall–Kier alpha value is -2.89. The van der Waals surface area contributed by atoms with Crippen molar-refractivity contribution in [2.75, 3.05) is 13.2 Å². The van der Waals surface area contributed by atoms with Crippen LogP contribution in [0.15, 0.2) is 97.2 Å². The van der Waals surface area contributed by atoms with Gasteiger partial charge in [-0.25, -0.2) is 0 Å². The summed E-state index contributed by atoms with van der Waals surface area (Å²) >= 11 is 0. The number of rotatable bonds is 56. The van der Waals surface area contributed by atoms with E-state index in [-0.39, 0.29) is 12.5 Å². The monoisotopic (exact) mass is 1110 g/mol. The van der Waals surface area contributed by atoms with Crippen LogP contribution in [0.25, 0.3) is 0 Å². The Morgan fingerprint density at radius 2 is 0.785 bits per heavy atom. The first-order valence-corrected chi connectivity index (χ1v) is 32.9. The zero-order valence-corrected chi connectivity index (χ0v) is 50.9. The van der Waals surface area contributed by atoms with Gasteiger partial charge in [0, 0.05) is 6.42 Å². The fourth-order valence-corrected chi connectivity index (χ4v) is 10.1. The minimum atomic E-state index is -1.56. The van der Waals surface area contributed by atoms with Crippen molar-refractivity contribution >= 4 is 5.91 Å². The van der Waals surface area contributed by atoms with Crippen molar-refractivity contribution in [1.29, 1.82) is 0 Å². The fourth-order valence-electron chi connectivity index (χ4n) is 10.1. The Balaban J connectivity index is 2.19. The lowest BCUT2D eigenvalue weighted by molar-refractivity contribution is -0.302. The average Bonchev–Trinajstić information content (AvgIpc) is 3.47. The van der Waals surface area contributed by atoms with E-state index in [1.54, 1.807) is 0 Å². The van der Waals surface area contributed by atoms with Gasteiger partial charge in [-0.3, -0.25) is 4.79 Å². The molecular weight excluding hydrogens is 983 g/mol. The molecule has 0 aliphatic carbocycles. The summed E-state index contributed by atoms with van der Waals surface area (Å²) < 4.78 is 11.3. The molecule has 1 amide bonds. The first kappa shape index (κ1) is 74.1. The second-order valence-corrected chi connectivity index (χ2v) is 22.5. The van der Waals surface area contributed by atoms with Gasteiger partial charge in [-0.15, -0.1) is 0 Å². The normalized spacial score (nSPS) is 19.2. The summed E-state index contributed by atoms with van der Waals surface area (Å²) in [6, 6.07) is -0.736. The van der Waals surface area contributed by atoms with Crippen LogP contribution in [-0.2, 0) is 14.3 Å². The van der Waals surface area contributed by atoms with E-state index in [4.69, 9.17) is 9.47 Å². The molecule has 1 aliphatic rings. The number of unbranched alkanes of at least 4 members (excludes halogenated alkanes) is 30. The number of amides is 1. The number of hydrogen-bond donors (Lipinski definition) is 6. The molecule has 1 aliphatic heterocycles. The van der Waals surface area contributed by atoms with Crippen molar-refractivity contribution in [3.63, 3.8) is 0 Å². The van der Waals surface area contributed by atoms with Crippen molar-refractivity contribution < 1.29 is 39.8 Å². The summed E-state index contributed by atoms with van der Waals surface area (Å²) in [6.07, 6.45) is 77.3. The molecule has 0 saturated carbocycles. The molecule has 0 aromatic carbocycles. The molecule has 1 fully saturated rings. The van der Waals surface area contributed by atoms with Crippen LogP contribution >= 0.6 is 0 Å². The van der Waals surface area contributed by atoms with E-state index in [2.05, 4.69) is 116 Å². The minimum Gasteiger partial charge on any atom is -0.394 e. The molecule has 6 N–H and O–H groups in total. The zero-order valence-electron chi connectivity index (χ0n) is 50.9. The molecule has 7 unspecified atom stereocenters. The van der Waals surface area contributed by atoms with Crippen molar-refractivity contribution in [3.8, 4) is 0 Å². The maximum atomic E-state index is 13.1. The number of hydrogen-bond acceptors (Lipinski definition) is 8. The number of nitrogens with one attached hydrogen (secondary N) is 1. The molecule has 1 rings (SSSR count). The van der Waals surface area contributed by atoms with Crippen molar-refractivity contribution in [3.05, 3.63) is 97.2 Å². The van der Waals surface area contributed by atoms with Crippen molar-refractivity contribution in [1.82, 2.24) is 5.32 Å². The lowest BCUT2D eigenvalue weighted by Gasteiger charge is -2.40. The van der Waals surface area contributed by atoms with Crippen LogP contribution < -0.4 is 5.32 Å². The van der Waals surface area contributed by atoms with Gasteiger partial charge in [0.2, 0.25) is 5.91 Å². The second-order valence-electron chi connectivity index (χ2n) is 22.5. The molecule has 456 valence electrons. The van der Waals surface area contributed by atoms with E-state index < -0.39 is 49.5 Å². The molecule has 7 atom stereocenters. The maximum Gasteiger partial charge on any atom is 0.220 e. The summed E-state index contributed by atoms with van der Waals surface area (Å²) in [6.45, 7) is 3.74. The van der Waals surface area contributed by atoms with E-state index in [0.717, 1.165) is 116 Å². The summed E-state index contributed by atoms with van der Waals surface area (Å²) in [7, 11) is 0. The first-order valence-electron chi connectivity index (χ1n) is 32.9. The Kier molecular flexibility index (Phi) is 54.7. The van der Waals surface area contributed by atoms with Gasteiger partial charge >= 0.3 is 0 Å². The minimum absolute atomic E-state index is 0.149. The van der Waals surface area contributed by atoms with Gasteiger partial charge in [0.1, 0.15) is 24.4 Å². The van der Waals surface area contributed by atoms with Crippen LogP contribution in [0.2, 0.25) is 0 Å². The molecule has 9 nitrogen and oxygen atoms in total. The molecular formula is C70H123NO8. The average molecular weight is 1110 g/mol. The Labute approximate surface area is 485 Å². The van der Waals surface area contributed by atoms with E-state index in [9.17, 15) is 30.3 Å². The topological polar surface area (TPSA) is 149 Å². The van der Waals surface area contributed by atoms with E-state index >= 15 is 0 Å². The van der Waals surface area contributed by atoms with Gasteiger partial charge in [-0.1, -0.05) is 297 Å². The van der Waals surface area contributed by atoms with Gasteiger partial charge in [-0.05, 0) is 77.0 Å². The van der Waals surface area contributed by atoms with Gasteiger partial charge in [0.05, 0.1) is 25.4 Å². The van der Waals surface area contributed by atoms with Crippen LogP contribution in [0.5, 0.6) is 0 Å². The third-order valence-corrected chi connectivity index (χ3v) is 15.2. The number of aliphatic hydroxyl groups excluding tert-OH is 5. The third-order valence-electron chi connectivity index (χ3n) is 15.2. The molecule has 0 aromatic rings. The van der Waals surface area contributed by atoms with Gasteiger partial charge < -0.3 is 40.3 Å². The van der Waals surface area contributed by atoms with Gasteiger partial charge in [-0.2, -0.15) is 0 Å². The highest BCUT2D eigenvalue weighted by Gasteiger charge is 2.44. The van der Waals surface area contributed by atoms with Crippen LogP contribution in [0, 0.1) is 0 Å². The molecule has 79 heavy (non-hydrogen) atoms. The second kappa shape index (κ2) is 58.3. The van der Waals surface area contributed by atoms with Crippen molar-refractivity contribution in [2.24, 2.45) is 0 Å². The largest absolute Gasteiger partial charge is 0.394 e. The lowest BCUT2D eigenvalue weighted by atomic mass is 9.99. The van der Waals surface area contributed by atoms with Gasteiger partial charge in [0.15, 0.2) is 6.29 Å². The lowest BCUT2D eigenvalue weighted by Crippen LogP contribution is -2.60. The summed E-state index contributed by atoms with van der Waals surface area (Å²) in [5.74, 6) is -0.159. The first-order chi connectivity index (χ1) is 38.8. The van der Waals surface area contributed by atoms with E-state index in [1.165, 1.54) is 141 Å².